The van der Waals surface area contributed by atoms with Crippen molar-refractivity contribution in [1.82, 2.24) is 0 Å². The summed E-state index contributed by atoms with van der Waals surface area (Å²) in [6.45, 7) is 0. The van der Waals surface area contributed by atoms with Gasteiger partial charge < -0.3 is 4.90 Å². The number of benzene rings is 9. The van der Waals surface area contributed by atoms with E-state index in [4.69, 9.17) is 0 Å². The molecule has 0 aliphatic carbocycles. The molecule has 0 aliphatic heterocycles. The Kier molecular flexibility index (Phi) is 7.61. The van der Waals surface area contributed by atoms with Gasteiger partial charge in [0.05, 0.1) is 5.69 Å². The Morgan fingerprint density at radius 2 is 0.891 bits per heavy atom. The predicted molar refractivity (Wildman–Crippen MR) is 241 cm³/mol. The maximum Gasteiger partial charge on any atom is 0.0554 e. The highest BCUT2D eigenvalue weighted by Crippen LogP contribution is 2.47. The molecule has 9 aromatic carbocycles. The van der Waals surface area contributed by atoms with Gasteiger partial charge in [-0.3, -0.25) is 0 Å². The second-order valence-corrected chi connectivity index (χ2v) is 16.2. The minimum atomic E-state index is 1.12. The molecule has 1 nitrogen and oxygen atoms in total. The van der Waals surface area contributed by atoms with Gasteiger partial charge in [-0.1, -0.05) is 140 Å². The highest BCUT2D eigenvalue weighted by molar-refractivity contribution is 7.26. The average molecular weight is 736 g/mol. The molecule has 0 radical (unpaired) electrons. The molecule has 0 unspecified atom stereocenters. The van der Waals surface area contributed by atoms with Gasteiger partial charge in [-0.2, -0.15) is 0 Å². The van der Waals surface area contributed by atoms with E-state index in [9.17, 15) is 0 Å². The normalized spacial score (nSPS) is 11.6. The van der Waals surface area contributed by atoms with Crippen molar-refractivity contribution in [2.75, 3.05) is 4.90 Å². The summed E-state index contributed by atoms with van der Waals surface area (Å²) < 4.78 is 5.24. The van der Waals surface area contributed by atoms with Crippen molar-refractivity contribution in [3.8, 4) is 33.4 Å². The van der Waals surface area contributed by atoms with Crippen molar-refractivity contribution in [3.05, 3.63) is 200 Å². The van der Waals surface area contributed by atoms with Crippen molar-refractivity contribution in [2.24, 2.45) is 0 Å². The van der Waals surface area contributed by atoms with Gasteiger partial charge in [0.1, 0.15) is 0 Å². The van der Waals surface area contributed by atoms with E-state index >= 15 is 0 Å². The van der Waals surface area contributed by atoms with Crippen LogP contribution in [0, 0.1) is 0 Å². The molecule has 258 valence electrons. The molecule has 11 rings (SSSR count). The second-order valence-electron chi connectivity index (χ2n) is 14.1. The summed E-state index contributed by atoms with van der Waals surface area (Å²) >= 11 is 3.74. The Balaban J connectivity index is 1.09. The van der Waals surface area contributed by atoms with Crippen molar-refractivity contribution in [3.63, 3.8) is 0 Å². The zero-order valence-electron chi connectivity index (χ0n) is 29.8. The molecule has 0 aliphatic rings. The fraction of sp³-hybridized carbons (Fsp3) is 0. The first-order valence-corrected chi connectivity index (χ1v) is 20.3. The maximum atomic E-state index is 2.45. The van der Waals surface area contributed by atoms with Crippen LogP contribution in [0.3, 0.4) is 0 Å². The van der Waals surface area contributed by atoms with Gasteiger partial charge in [-0.05, 0) is 105 Å². The van der Waals surface area contributed by atoms with Crippen molar-refractivity contribution < 1.29 is 0 Å². The van der Waals surface area contributed by atoms with E-state index in [-0.39, 0.29) is 0 Å². The molecular formula is C52H33NS2. The standard InChI is InChI=1S/C52H33NS2/c1-2-12-34(13-3-1)37-15-8-16-38(32-37)39-17-9-18-41(33-39)53(45-22-11-25-48-51(45)43-19-4-6-23-46(43)54-48)40-29-26-35(27-30-40)42-21-10-14-36-28-31-49-52(50(36)42)44-20-5-7-24-47(44)55-49/h1-33H. The smallest absolute Gasteiger partial charge is 0.0554 e. The Morgan fingerprint density at radius 1 is 0.309 bits per heavy atom. The molecule has 0 saturated carbocycles. The lowest BCUT2D eigenvalue weighted by molar-refractivity contribution is 1.30. The third-order valence-electron chi connectivity index (χ3n) is 10.8. The Hall–Kier alpha value is -6.52. The predicted octanol–water partition coefficient (Wildman–Crippen LogP) is 16.0. The first kappa shape index (κ1) is 32.0. The fourth-order valence-electron chi connectivity index (χ4n) is 8.33. The first-order valence-electron chi connectivity index (χ1n) is 18.7. The maximum absolute atomic E-state index is 2.45. The molecule has 55 heavy (non-hydrogen) atoms. The monoisotopic (exact) mass is 735 g/mol. The number of hydrogen-bond donors (Lipinski definition) is 0. The number of rotatable bonds is 6. The third kappa shape index (κ3) is 5.43. The molecule has 2 heterocycles. The van der Waals surface area contributed by atoms with E-state index in [2.05, 4.69) is 205 Å². The van der Waals surface area contributed by atoms with Crippen molar-refractivity contribution >= 4 is 90.9 Å². The van der Waals surface area contributed by atoms with Crippen LogP contribution in [0.2, 0.25) is 0 Å². The molecular weight excluding hydrogens is 703 g/mol. The third-order valence-corrected chi connectivity index (χ3v) is 13.1. The van der Waals surface area contributed by atoms with Gasteiger partial charge in [0.25, 0.3) is 0 Å². The summed E-state index contributed by atoms with van der Waals surface area (Å²) in [5.74, 6) is 0. The molecule has 0 atom stereocenters. The zero-order valence-corrected chi connectivity index (χ0v) is 31.4. The average Bonchev–Trinajstić information content (AvgIpc) is 3.84. The summed E-state index contributed by atoms with van der Waals surface area (Å²) in [4.78, 5) is 2.45. The SMILES string of the molecule is c1ccc(-c2cccc(-c3cccc(N(c4ccc(-c5cccc6ccc7sc8ccccc8c7c56)cc4)c4cccc5sc6ccccc6c45)c3)c2)cc1. The highest BCUT2D eigenvalue weighted by atomic mass is 32.1. The highest BCUT2D eigenvalue weighted by Gasteiger charge is 2.20. The quantitative estimate of drug-likeness (QED) is 0.164. The molecule has 0 bridgehead atoms. The van der Waals surface area contributed by atoms with Gasteiger partial charge in [0.15, 0.2) is 0 Å². The Morgan fingerprint density at radius 3 is 1.67 bits per heavy atom. The Bertz CT molecular complexity index is 3210. The fourth-order valence-corrected chi connectivity index (χ4v) is 10.6. The number of nitrogens with zero attached hydrogens (tertiary/aromatic N) is 1. The lowest BCUT2D eigenvalue weighted by Crippen LogP contribution is -2.10. The molecule has 11 aromatic rings. The van der Waals surface area contributed by atoms with Gasteiger partial charge >= 0.3 is 0 Å². The van der Waals surface area contributed by atoms with Crippen LogP contribution >= 0.6 is 22.7 Å². The molecule has 0 spiro atoms. The summed E-state index contributed by atoms with van der Waals surface area (Å²) in [6.07, 6.45) is 0. The minimum absolute atomic E-state index is 1.12. The number of thiophene rings is 2. The zero-order chi connectivity index (χ0) is 36.3. The van der Waals surface area contributed by atoms with Crippen LogP contribution < -0.4 is 4.90 Å². The molecule has 0 fully saturated rings. The van der Waals surface area contributed by atoms with Gasteiger partial charge in [-0.15, -0.1) is 22.7 Å². The summed E-state index contributed by atoms with van der Waals surface area (Å²) in [5, 5.41) is 7.83. The second kappa shape index (κ2) is 13.1. The molecule has 0 amide bonds. The Labute approximate surface area is 327 Å². The van der Waals surface area contributed by atoms with Crippen LogP contribution in [0.25, 0.3) is 84.5 Å². The van der Waals surface area contributed by atoms with Crippen molar-refractivity contribution in [2.45, 2.75) is 0 Å². The van der Waals surface area contributed by atoms with E-state index in [1.807, 2.05) is 22.7 Å². The van der Waals surface area contributed by atoms with Gasteiger partial charge in [0.2, 0.25) is 0 Å². The molecule has 0 saturated heterocycles. The lowest BCUT2D eigenvalue weighted by Gasteiger charge is -2.27. The van der Waals surface area contributed by atoms with Crippen LogP contribution in [0.1, 0.15) is 0 Å². The van der Waals surface area contributed by atoms with Crippen LogP contribution in [-0.2, 0) is 0 Å². The van der Waals surface area contributed by atoms with Gasteiger partial charge in [0, 0.05) is 51.7 Å². The van der Waals surface area contributed by atoms with Gasteiger partial charge in [-0.25, -0.2) is 0 Å². The summed E-state index contributed by atoms with van der Waals surface area (Å²) in [6, 6.07) is 73.4. The van der Waals surface area contributed by atoms with E-state index in [1.54, 1.807) is 0 Å². The van der Waals surface area contributed by atoms with Crippen LogP contribution in [0.5, 0.6) is 0 Å². The minimum Gasteiger partial charge on any atom is -0.310 e. The van der Waals surface area contributed by atoms with Crippen LogP contribution in [0.15, 0.2) is 200 Å². The number of fused-ring (bicyclic) bond motifs is 8. The van der Waals surface area contributed by atoms with Crippen LogP contribution in [-0.4, -0.2) is 0 Å². The molecule has 0 N–H and O–H groups in total. The summed E-state index contributed by atoms with van der Waals surface area (Å²) in [5.41, 5.74) is 10.7. The first-order chi connectivity index (χ1) is 27.3. The number of anilines is 3. The molecule has 3 heteroatoms. The van der Waals surface area contributed by atoms with E-state index in [0.29, 0.717) is 0 Å². The van der Waals surface area contributed by atoms with Crippen molar-refractivity contribution in [1.29, 1.82) is 0 Å². The largest absolute Gasteiger partial charge is 0.310 e. The van der Waals surface area contributed by atoms with Crippen LogP contribution in [0.4, 0.5) is 17.1 Å². The van der Waals surface area contributed by atoms with E-state index < -0.39 is 0 Å². The lowest BCUT2D eigenvalue weighted by atomic mass is 9.94. The van der Waals surface area contributed by atoms with E-state index in [0.717, 1.165) is 11.4 Å². The number of hydrogen-bond acceptors (Lipinski definition) is 3. The molecule has 2 aromatic heterocycles. The topological polar surface area (TPSA) is 3.24 Å². The summed E-state index contributed by atoms with van der Waals surface area (Å²) in [7, 11) is 0. The van der Waals surface area contributed by atoms with E-state index in [1.165, 1.54) is 90.2 Å².